The summed E-state index contributed by atoms with van der Waals surface area (Å²) in [6, 6.07) is 16.0. The molecule has 0 saturated heterocycles. The fourth-order valence-electron chi connectivity index (χ4n) is 5.10. The number of hydrogen-bond acceptors (Lipinski definition) is 4. The van der Waals surface area contributed by atoms with Crippen LogP contribution in [0.1, 0.15) is 63.0 Å². The molecule has 0 unspecified atom stereocenters. The van der Waals surface area contributed by atoms with Crippen molar-refractivity contribution in [1.29, 1.82) is 0 Å². The molecule has 3 N–H and O–H groups in total. The molecule has 186 valence electrons. The summed E-state index contributed by atoms with van der Waals surface area (Å²) in [5.74, 6) is -1.63. The highest BCUT2D eigenvalue weighted by Crippen LogP contribution is 2.44. The second kappa shape index (κ2) is 10.5. The number of aliphatic carboxylic acids is 1. The van der Waals surface area contributed by atoms with Crippen LogP contribution >= 0.6 is 0 Å². The van der Waals surface area contributed by atoms with Crippen molar-refractivity contribution in [3.8, 4) is 11.1 Å². The highest BCUT2D eigenvalue weighted by atomic mass is 16.5. The van der Waals surface area contributed by atoms with Gasteiger partial charge in [-0.2, -0.15) is 0 Å². The molecule has 1 saturated carbocycles. The average Bonchev–Trinajstić information content (AvgIpc) is 2.97. The van der Waals surface area contributed by atoms with Crippen LogP contribution in [0.15, 0.2) is 48.5 Å². The van der Waals surface area contributed by atoms with Gasteiger partial charge < -0.3 is 20.5 Å². The van der Waals surface area contributed by atoms with Crippen LogP contribution in [-0.4, -0.2) is 42.3 Å². The molecule has 0 radical (unpaired) electrons. The quantitative estimate of drug-likeness (QED) is 0.500. The number of carboxylic acid groups (broad SMARTS) is 1. The van der Waals surface area contributed by atoms with Gasteiger partial charge in [0.2, 0.25) is 5.91 Å². The van der Waals surface area contributed by atoms with Gasteiger partial charge in [-0.15, -0.1) is 0 Å². The van der Waals surface area contributed by atoms with E-state index in [1.807, 2.05) is 24.3 Å². The van der Waals surface area contributed by atoms with E-state index < -0.39 is 23.4 Å². The van der Waals surface area contributed by atoms with E-state index in [0.29, 0.717) is 12.8 Å². The highest BCUT2D eigenvalue weighted by molar-refractivity contribution is 5.82. The Morgan fingerprint density at radius 1 is 0.943 bits per heavy atom. The van der Waals surface area contributed by atoms with Crippen LogP contribution < -0.4 is 10.6 Å². The van der Waals surface area contributed by atoms with Gasteiger partial charge in [0.1, 0.15) is 6.61 Å². The van der Waals surface area contributed by atoms with Gasteiger partial charge >= 0.3 is 12.1 Å². The molecule has 2 amide bonds. The van der Waals surface area contributed by atoms with Crippen LogP contribution in [0, 0.1) is 11.3 Å². The lowest BCUT2D eigenvalue weighted by atomic mass is 9.91. The minimum absolute atomic E-state index is 0.0281. The molecule has 0 aliphatic heterocycles. The molecule has 7 nitrogen and oxygen atoms in total. The molecule has 0 aromatic heterocycles. The summed E-state index contributed by atoms with van der Waals surface area (Å²) in [6.07, 6.45) is 3.61. The number of fused-ring (bicyclic) bond motifs is 3. The van der Waals surface area contributed by atoms with Gasteiger partial charge in [-0.3, -0.25) is 9.59 Å². The maximum Gasteiger partial charge on any atom is 0.407 e. The van der Waals surface area contributed by atoms with Gasteiger partial charge in [0.15, 0.2) is 0 Å². The van der Waals surface area contributed by atoms with E-state index in [1.54, 1.807) is 13.8 Å². The Bertz CT molecular complexity index is 1050. The van der Waals surface area contributed by atoms with Crippen molar-refractivity contribution in [1.82, 2.24) is 10.6 Å². The smallest absolute Gasteiger partial charge is 0.407 e. The lowest BCUT2D eigenvalue weighted by Crippen LogP contribution is -2.49. The minimum Gasteiger partial charge on any atom is -0.481 e. The first-order valence-electron chi connectivity index (χ1n) is 12.4. The SMILES string of the molecule is CC(C)(CNC(=O)[C@@H]1CCCCC[C@@H]1NC(=O)OCC1c2ccccc2-c2ccccc21)C(=O)O. The van der Waals surface area contributed by atoms with E-state index in [4.69, 9.17) is 4.74 Å². The zero-order valence-corrected chi connectivity index (χ0v) is 20.4. The standard InChI is InChI=1S/C28H34N2O5/c1-28(2,26(32)33)17-29-25(31)22-14-4-3-5-15-24(22)30-27(34)35-16-23-20-12-8-6-10-18(20)19-11-7-9-13-21(19)23/h6-13,22-24H,3-5,14-17H2,1-2H3,(H,29,31)(H,30,34)(H,32,33)/t22-,24+/m1/s1. The second-order valence-electron chi connectivity index (χ2n) is 10.2. The first kappa shape index (κ1) is 24.8. The molecule has 4 rings (SSSR count). The molecule has 0 spiro atoms. The number of ether oxygens (including phenoxy) is 1. The number of alkyl carbamates (subject to hydrolysis) is 1. The number of hydrogen-bond donors (Lipinski definition) is 3. The molecule has 2 atom stereocenters. The predicted molar refractivity (Wildman–Crippen MR) is 133 cm³/mol. The molecule has 35 heavy (non-hydrogen) atoms. The summed E-state index contributed by atoms with van der Waals surface area (Å²) in [6.45, 7) is 3.41. The van der Waals surface area contributed by atoms with E-state index in [1.165, 1.54) is 11.1 Å². The third-order valence-corrected chi connectivity index (χ3v) is 7.28. The largest absolute Gasteiger partial charge is 0.481 e. The molecule has 0 heterocycles. The minimum atomic E-state index is -1.06. The zero-order valence-electron chi connectivity index (χ0n) is 20.4. The van der Waals surface area contributed by atoms with Crippen molar-refractivity contribution in [3.05, 3.63) is 59.7 Å². The maximum atomic E-state index is 13.0. The van der Waals surface area contributed by atoms with E-state index in [2.05, 4.69) is 34.9 Å². The van der Waals surface area contributed by atoms with Crippen LogP contribution in [0.3, 0.4) is 0 Å². The Morgan fingerprint density at radius 2 is 1.54 bits per heavy atom. The summed E-state index contributed by atoms with van der Waals surface area (Å²) in [5.41, 5.74) is 3.57. The third-order valence-electron chi connectivity index (χ3n) is 7.28. The summed E-state index contributed by atoms with van der Waals surface area (Å²) in [4.78, 5) is 37.2. The van der Waals surface area contributed by atoms with Crippen molar-refractivity contribution in [2.75, 3.05) is 13.2 Å². The summed E-state index contributed by atoms with van der Waals surface area (Å²) in [7, 11) is 0. The van der Waals surface area contributed by atoms with E-state index in [0.717, 1.165) is 30.4 Å². The number of carbonyl (C=O) groups is 3. The van der Waals surface area contributed by atoms with Crippen molar-refractivity contribution in [2.45, 2.75) is 57.9 Å². The number of nitrogens with one attached hydrogen (secondary N) is 2. The lowest BCUT2D eigenvalue weighted by molar-refractivity contribution is -0.146. The summed E-state index contributed by atoms with van der Waals surface area (Å²) < 4.78 is 5.70. The topological polar surface area (TPSA) is 105 Å². The molecule has 1 fully saturated rings. The van der Waals surface area contributed by atoms with Crippen LogP contribution in [-0.2, 0) is 14.3 Å². The van der Waals surface area contributed by atoms with Gasteiger partial charge in [0, 0.05) is 18.5 Å². The fraction of sp³-hybridized carbons (Fsp3) is 0.464. The normalized spacial score (nSPS) is 19.7. The first-order valence-corrected chi connectivity index (χ1v) is 12.4. The Morgan fingerprint density at radius 3 is 2.17 bits per heavy atom. The summed E-state index contributed by atoms with van der Waals surface area (Å²) in [5, 5.41) is 15.1. The number of carbonyl (C=O) groups excluding carboxylic acids is 2. The van der Waals surface area contributed by atoms with Gasteiger partial charge in [-0.25, -0.2) is 4.79 Å². The maximum absolute atomic E-state index is 13.0. The molecular weight excluding hydrogens is 444 g/mol. The van der Waals surface area contributed by atoms with Crippen molar-refractivity contribution >= 4 is 18.0 Å². The number of amides is 2. The lowest BCUT2D eigenvalue weighted by Gasteiger charge is -2.27. The Kier molecular flexibility index (Phi) is 7.43. The molecular formula is C28H34N2O5. The van der Waals surface area contributed by atoms with Crippen molar-refractivity contribution < 1.29 is 24.2 Å². The van der Waals surface area contributed by atoms with Crippen LogP contribution in [0.4, 0.5) is 4.79 Å². The molecule has 0 bridgehead atoms. The number of rotatable bonds is 7. The number of benzene rings is 2. The average molecular weight is 479 g/mol. The van der Waals surface area contributed by atoms with Crippen molar-refractivity contribution in [2.24, 2.45) is 11.3 Å². The molecule has 2 aromatic rings. The van der Waals surface area contributed by atoms with Crippen LogP contribution in [0.5, 0.6) is 0 Å². The third kappa shape index (κ3) is 5.50. The van der Waals surface area contributed by atoms with Gasteiger partial charge in [0.05, 0.1) is 11.3 Å². The Labute approximate surface area is 206 Å². The number of carboxylic acids is 1. The van der Waals surface area contributed by atoms with Crippen LogP contribution in [0.25, 0.3) is 11.1 Å². The predicted octanol–water partition coefficient (Wildman–Crippen LogP) is 4.70. The summed E-state index contributed by atoms with van der Waals surface area (Å²) >= 11 is 0. The monoisotopic (exact) mass is 478 g/mol. The van der Waals surface area contributed by atoms with Gasteiger partial charge in [0.25, 0.3) is 0 Å². The van der Waals surface area contributed by atoms with Crippen molar-refractivity contribution in [3.63, 3.8) is 0 Å². The fourth-order valence-corrected chi connectivity index (χ4v) is 5.10. The van der Waals surface area contributed by atoms with E-state index in [-0.39, 0.29) is 31.0 Å². The van der Waals surface area contributed by atoms with Gasteiger partial charge in [-0.1, -0.05) is 67.8 Å². The van der Waals surface area contributed by atoms with E-state index in [9.17, 15) is 19.5 Å². The first-order chi connectivity index (χ1) is 16.8. The van der Waals surface area contributed by atoms with Gasteiger partial charge in [-0.05, 0) is 48.9 Å². The van der Waals surface area contributed by atoms with E-state index >= 15 is 0 Å². The Balaban J connectivity index is 1.39. The van der Waals surface area contributed by atoms with Crippen LogP contribution in [0.2, 0.25) is 0 Å². The molecule has 2 aromatic carbocycles. The highest BCUT2D eigenvalue weighted by Gasteiger charge is 2.34. The second-order valence-corrected chi connectivity index (χ2v) is 10.2. The molecule has 2 aliphatic carbocycles. The molecule has 7 heteroatoms. The molecule has 2 aliphatic rings. The zero-order chi connectivity index (χ0) is 25.0. The Hall–Kier alpha value is -3.35.